The molecule has 192 valence electrons. The molecular formula is C26H27ClFN7OS. The highest BCUT2D eigenvalue weighted by Gasteiger charge is 2.29. The summed E-state index contributed by atoms with van der Waals surface area (Å²) in [5.74, 6) is 0.980. The highest BCUT2D eigenvalue weighted by Crippen LogP contribution is 2.40. The summed E-state index contributed by atoms with van der Waals surface area (Å²) in [6.45, 7) is 2.02. The van der Waals surface area contributed by atoms with E-state index in [0.29, 0.717) is 23.3 Å². The average molecular weight is 540 g/mol. The van der Waals surface area contributed by atoms with Crippen LogP contribution < -0.4 is 5.32 Å². The van der Waals surface area contributed by atoms with Gasteiger partial charge >= 0.3 is 0 Å². The third-order valence-electron chi connectivity index (χ3n) is 6.85. The van der Waals surface area contributed by atoms with E-state index >= 15 is 0 Å². The maximum absolute atomic E-state index is 14.8. The number of anilines is 2. The Morgan fingerprint density at radius 3 is 2.84 bits per heavy atom. The van der Waals surface area contributed by atoms with Crippen molar-refractivity contribution in [1.82, 2.24) is 24.4 Å². The molecule has 0 saturated carbocycles. The minimum atomic E-state index is -2.49. The number of fused-ring (bicyclic) bond motifs is 1. The first kappa shape index (κ1) is 24.3. The number of benzene rings is 1. The van der Waals surface area contributed by atoms with E-state index in [2.05, 4.69) is 48.7 Å². The predicted molar refractivity (Wildman–Crippen MR) is 145 cm³/mol. The number of hydrogen-bond donors (Lipinski definition) is 1. The van der Waals surface area contributed by atoms with Crippen molar-refractivity contribution in [2.24, 2.45) is 4.36 Å². The molecule has 0 saturated heterocycles. The molecule has 0 amide bonds. The Kier molecular flexibility index (Phi) is 5.93. The number of nitrogens with zero attached hydrogens (tertiary/aromatic N) is 6. The standard InChI is InChI=1S/C26H27ClFN7OS/c1-34-12-16-6-4-5-15-9-18(10-17(13-34)23(15)16)30-26-29-11-19-21(28)14-35(25(19)32-26)22-8-7-20(27)24(31-22)33-37(2,3)36/h7-11,14,16H,4-6,12-13H2,1-3H3,(H,29,30,32). The summed E-state index contributed by atoms with van der Waals surface area (Å²) in [4.78, 5) is 15.8. The van der Waals surface area contributed by atoms with E-state index in [4.69, 9.17) is 11.6 Å². The molecule has 4 aromatic rings. The van der Waals surface area contributed by atoms with Gasteiger partial charge in [0.1, 0.15) is 5.82 Å². The molecule has 1 unspecified atom stereocenters. The van der Waals surface area contributed by atoms with Gasteiger partial charge in [-0.05, 0) is 73.2 Å². The van der Waals surface area contributed by atoms with Gasteiger partial charge in [0.2, 0.25) is 5.95 Å². The fourth-order valence-corrected chi connectivity index (χ4v) is 6.22. The van der Waals surface area contributed by atoms with E-state index in [9.17, 15) is 8.60 Å². The summed E-state index contributed by atoms with van der Waals surface area (Å²) in [7, 11) is -0.320. The van der Waals surface area contributed by atoms with Gasteiger partial charge in [0.15, 0.2) is 17.3 Å². The van der Waals surface area contributed by atoms with Crippen molar-refractivity contribution in [2.45, 2.75) is 31.7 Å². The number of pyridine rings is 1. The van der Waals surface area contributed by atoms with Crippen LogP contribution in [-0.2, 0) is 22.7 Å². The Morgan fingerprint density at radius 1 is 1.22 bits per heavy atom. The van der Waals surface area contributed by atoms with Crippen LogP contribution >= 0.6 is 11.6 Å². The van der Waals surface area contributed by atoms with Gasteiger partial charge in [0.25, 0.3) is 0 Å². The molecule has 0 bridgehead atoms. The lowest BCUT2D eigenvalue weighted by Crippen LogP contribution is -2.33. The molecule has 11 heteroatoms. The summed E-state index contributed by atoms with van der Waals surface area (Å²) in [5.41, 5.74) is 5.53. The van der Waals surface area contributed by atoms with E-state index in [1.54, 1.807) is 12.1 Å². The molecule has 6 rings (SSSR count). The van der Waals surface area contributed by atoms with Gasteiger partial charge in [0.05, 0.1) is 10.4 Å². The number of nitrogens with one attached hydrogen (secondary N) is 1. The van der Waals surface area contributed by atoms with E-state index in [1.807, 2.05) is 0 Å². The second-order valence-electron chi connectivity index (χ2n) is 10.1. The van der Waals surface area contributed by atoms with Gasteiger partial charge in [-0.25, -0.2) is 18.6 Å². The highest BCUT2D eigenvalue weighted by atomic mass is 35.5. The minimum absolute atomic E-state index is 0.134. The third kappa shape index (κ3) is 4.69. The van der Waals surface area contributed by atoms with Crippen LogP contribution in [0.2, 0.25) is 5.02 Å². The first-order valence-corrected chi connectivity index (χ1v) is 14.8. The maximum atomic E-state index is 14.8. The molecule has 37 heavy (non-hydrogen) atoms. The van der Waals surface area contributed by atoms with Crippen LogP contribution in [0.15, 0.2) is 41.0 Å². The van der Waals surface area contributed by atoms with Gasteiger partial charge in [-0.15, -0.1) is 0 Å². The van der Waals surface area contributed by atoms with Crippen LogP contribution in [0.3, 0.4) is 0 Å². The van der Waals surface area contributed by atoms with E-state index < -0.39 is 15.5 Å². The second-order valence-corrected chi connectivity index (χ2v) is 13.1. The van der Waals surface area contributed by atoms with Gasteiger partial charge < -0.3 is 10.2 Å². The van der Waals surface area contributed by atoms with Crippen LogP contribution in [0, 0.1) is 5.82 Å². The summed E-state index contributed by atoms with van der Waals surface area (Å²) in [5, 5.41) is 3.87. The van der Waals surface area contributed by atoms with Crippen molar-refractivity contribution < 1.29 is 8.60 Å². The number of likely N-dealkylation sites (N-methyl/N-ethyl adjacent to an activating group) is 1. The van der Waals surface area contributed by atoms with E-state index in [-0.39, 0.29) is 16.2 Å². The Balaban J connectivity index is 1.40. The van der Waals surface area contributed by atoms with Crippen LogP contribution in [0.1, 0.15) is 35.4 Å². The maximum Gasteiger partial charge on any atom is 0.229 e. The lowest BCUT2D eigenvalue weighted by Gasteiger charge is -2.37. The Hall–Kier alpha value is -3.08. The summed E-state index contributed by atoms with van der Waals surface area (Å²) in [6.07, 6.45) is 9.27. The Bertz CT molecular complexity index is 1670. The average Bonchev–Trinajstić information content (AvgIpc) is 3.15. The Labute approximate surface area is 220 Å². The molecule has 1 aromatic carbocycles. The summed E-state index contributed by atoms with van der Waals surface area (Å²) in [6, 6.07) is 7.62. The molecule has 1 aliphatic heterocycles. The fourth-order valence-electron chi connectivity index (χ4n) is 5.47. The first-order valence-electron chi connectivity index (χ1n) is 12.1. The molecule has 1 aliphatic carbocycles. The topological polar surface area (TPSA) is 88.3 Å². The van der Waals surface area contributed by atoms with Crippen LogP contribution in [-0.4, -0.2) is 54.7 Å². The zero-order chi connectivity index (χ0) is 25.9. The number of aryl methyl sites for hydroxylation is 1. The SMILES string of the molecule is CN1Cc2cc(Nc3ncc4c(F)cn(-c5ccc(Cl)c(N=S(C)(C)=O)n5)c4n3)cc3c2C(CCC3)C1. The zero-order valence-electron chi connectivity index (χ0n) is 20.8. The molecule has 1 N–H and O–H groups in total. The smallest absolute Gasteiger partial charge is 0.229 e. The number of aromatic nitrogens is 4. The van der Waals surface area contributed by atoms with E-state index in [0.717, 1.165) is 25.2 Å². The molecule has 3 aromatic heterocycles. The molecule has 2 aliphatic rings. The highest BCUT2D eigenvalue weighted by molar-refractivity contribution is 7.92. The predicted octanol–water partition coefficient (Wildman–Crippen LogP) is 5.58. The lowest BCUT2D eigenvalue weighted by molar-refractivity contribution is 0.266. The summed E-state index contributed by atoms with van der Waals surface area (Å²) >= 11 is 6.22. The van der Waals surface area contributed by atoms with Crippen LogP contribution in [0.4, 0.5) is 21.8 Å². The molecule has 1 atom stereocenters. The van der Waals surface area contributed by atoms with Crippen molar-refractivity contribution in [3.8, 4) is 5.82 Å². The first-order chi connectivity index (χ1) is 17.6. The molecular weight excluding hydrogens is 513 g/mol. The normalized spacial score (nSPS) is 17.6. The van der Waals surface area contributed by atoms with Crippen LogP contribution in [0.5, 0.6) is 0 Å². The second kappa shape index (κ2) is 9.04. The van der Waals surface area contributed by atoms with Crippen molar-refractivity contribution in [3.05, 3.63) is 64.2 Å². The van der Waals surface area contributed by atoms with Gasteiger partial charge in [-0.2, -0.15) is 9.35 Å². The van der Waals surface area contributed by atoms with Gasteiger partial charge in [-0.3, -0.25) is 4.57 Å². The molecule has 8 nitrogen and oxygen atoms in total. The monoisotopic (exact) mass is 539 g/mol. The number of halogens is 2. The van der Waals surface area contributed by atoms with Gasteiger partial charge in [0, 0.05) is 53.4 Å². The largest absolute Gasteiger partial charge is 0.324 e. The number of rotatable bonds is 4. The number of hydrogen-bond acceptors (Lipinski definition) is 7. The third-order valence-corrected chi connectivity index (χ3v) is 7.76. The van der Waals surface area contributed by atoms with Crippen molar-refractivity contribution in [3.63, 3.8) is 0 Å². The molecule has 0 spiro atoms. The Morgan fingerprint density at radius 2 is 2.03 bits per heavy atom. The fraction of sp³-hybridized carbons (Fsp3) is 0.346. The van der Waals surface area contributed by atoms with E-state index in [1.165, 1.54) is 59.0 Å². The van der Waals surface area contributed by atoms with Crippen molar-refractivity contribution in [2.75, 3.05) is 31.4 Å². The molecule has 4 heterocycles. The van der Waals surface area contributed by atoms with Gasteiger partial charge in [-0.1, -0.05) is 11.6 Å². The van der Waals surface area contributed by atoms with Crippen molar-refractivity contribution >= 4 is 49.8 Å². The minimum Gasteiger partial charge on any atom is -0.324 e. The quantitative estimate of drug-likeness (QED) is 0.364. The molecule has 0 radical (unpaired) electrons. The van der Waals surface area contributed by atoms with Crippen molar-refractivity contribution in [1.29, 1.82) is 0 Å². The zero-order valence-corrected chi connectivity index (χ0v) is 22.4. The molecule has 0 fully saturated rings. The van der Waals surface area contributed by atoms with Crippen LogP contribution in [0.25, 0.3) is 16.9 Å². The summed E-state index contributed by atoms with van der Waals surface area (Å²) < 4.78 is 32.7. The lowest BCUT2D eigenvalue weighted by atomic mass is 9.77.